The molecule has 0 spiro atoms. The molecule has 1 fully saturated rings. The number of halogens is 6. The first-order valence-electron chi connectivity index (χ1n) is 11.2. The number of anilines is 2. The third-order valence-corrected chi connectivity index (χ3v) is 6.19. The summed E-state index contributed by atoms with van der Waals surface area (Å²) in [6.07, 6.45) is -7.79. The van der Waals surface area contributed by atoms with Crippen molar-refractivity contribution in [2.45, 2.75) is 50.6 Å². The van der Waals surface area contributed by atoms with Crippen LogP contribution in [-0.4, -0.2) is 46.3 Å². The first-order chi connectivity index (χ1) is 17.2. The summed E-state index contributed by atoms with van der Waals surface area (Å²) in [7, 11) is 0.984. The van der Waals surface area contributed by atoms with Gasteiger partial charge in [-0.1, -0.05) is 6.07 Å². The number of rotatable bonds is 4. The minimum Gasteiger partial charge on any atom is -0.453 e. The van der Waals surface area contributed by atoms with Gasteiger partial charge in [0.05, 0.1) is 24.0 Å². The highest BCUT2D eigenvalue weighted by atomic mass is 19.4. The number of methoxy groups -OCH3 is 1. The first kappa shape index (κ1) is 26.5. The van der Waals surface area contributed by atoms with Crippen LogP contribution in [0.5, 0.6) is 0 Å². The van der Waals surface area contributed by atoms with Crippen molar-refractivity contribution in [3.63, 3.8) is 0 Å². The number of piperidine rings is 1. The van der Waals surface area contributed by atoms with E-state index in [4.69, 9.17) is 0 Å². The molecule has 4 rings (SSSR count). The van der Waals surface area contributed by atoms with Crippen LogP contribution in [0, 0.1) is 0 Å². The minimum atomic E-state index is -4.95. The molecule has 2 aromatic heterocycles. The van der Waals surface area contributed by atoms with Gasteiger partial charge in [0.25, 0.3) is 0 Å². The molecule has 0 aliphatic carbocycles. The summed E-state index contributed by atoms with van der Waals surface area (Å²) in [6.45, 7) is 4.60. The van der Waals surface area contributed by atoms with E-state index < -0.39 is 46.5 Å². The maximum atomic E-state index is 14.0. The molecule has 1 aromatic carbocycles. The Morgan fingerprint density at radius 2 is 1.89 bits per heavy atom. The van der Waals surface area contributed by atoms with E-state index in [1.807, 2.05) is 19.2 Å². The highest BCUT2D eigenvalue weighted by molar-refractivity contribution is 6.01. The number of nitrogens with zero attached hydrogens (tertiary/aromatic N) is 2. The van der Waals surface area contributed by atoms with Crippen molar-refractivity contribution in [1.82, 2.24) is 20.3 Å². The third-order valence-electron chi connectivity index (χ3n) is 6.19. The fourth-order valence-corrected chi connectivity index (χ4v) is 4.25. The van der Waals surface area contributed by atoms with Gasteiger partial charge in [0.15, 0.2) is 0 Å². The Hall–Kier alpha value is -3.55. The van der Waals surface area contributed by atoms with Crippen LogP contribution in [-0.2, 0) is 17.1 Å². The van der Waals surface area contributed by atoms with Gasteiger partial charge in [0.2, 0.25) is 5.95 Å². The highest BCUT2D eigenvalue weighted by Crippen LogP contribution is 2.44. The van der Waals surface area contributed by atoms with Crippen molar-refractivity contribution < 1.29 is 35.9 Å². The summed E-state index contributed by atoms with van der Waals surface area (Å²) in [5.41, 5.74) is -4.46. The standard InChI is InChI=1S/C23H24F6N6O2/c1-21(2)7-6-11(8-32-21)33-19-31-10-14(22(24,25)26)17(35-19)13-9-30-18-12(13)4-5-15(34-20(36)37-3)16(18)23(27,28)29/h4-5,9-11,30,32H,6-8H2,1-3H3,(H,34,36)(H,31,33,35). The Bertz CT molecular complexity index is 1310. The van der Waals surface area contributed by atoms with Crippen molar-refractivity contribution in [2.24, 2.45) is 0 Å². The maximum absolute atomic E-state index is 14.0. The van der Waals surface area contributed by atoms with Crippen LogP contribution in [0.2, 0.25) is 0 Å². The van der Waals surface area contributed by atoms with E-state index in [1.165, 1.54) is 6.07 Å². The van der Waals surface area contributed by atoms with E-state index >= 15 is 0 Å². The number of carbonyl (C=O) groups excluding carboxylic acids is 1. The number of hydrogen-bond acceptors (Lipinski definition) is 6. The molecule has 1 aliphatic heterocycles. The molecule has 8 nitrogen and oxygen atoms in total. The average Bonchev–Trinajstić information content (AvgIpc) is 3.22. The van der Waals surface area contributed by atoms with E-state index in [9.17, 15) is 31.1 Å². The van der Waals surface area contributed by atoms with Crippen molar-refractivity contribution in [3.8, 4) is 11.3 Å². The first-order valence-corrected chi connectivity index (χ1v) is 11.2. The van der Waals surface area contributed by atoms with Crippen molar-refractivity contribution in [2.75, 3.05) is 24.3 Å². The highest BCUT2D eigenvalue weighted by Gasteiger charge is 2.39. The SMILES string of the molecule is COC(=O)Nc1ccc2c(-c3nc(NC4CCC(C)(C)NC4)ncc3C(F)(F)F)c[nH]c2c1C(F)(F)F. The molecular formula is C23H24F6N6O2. The number of H-pyrrole nitrogens is 1. The van der Waals surface area contributed by atoms with Crippen LogP contribution >= 0.6 is 0 Å². The number of amides is 1. The van der Waals surface area contributed by atoms with Crippen molar-refractivity contribution in [3.05, 3.63) is 35.7 Å². The van der Waals surface area contributed by atoms with Crippen LogP contribution in [0.25, 0.3) is 22.2 Å². The Morgan fingerprint density at radius 3 is 2.49 bits per heavy atom. The van der Waals surface area contributed by atoms with Crippen LogP contribution in [0.1, 0.15) is 37.8 Å². The molecule has 0 bridgehead atoms. The lowest BCUT2D eigenvalue weighted by atomic mass is 9.91. The Labute approximate surface area is 207 Å². The lowest BCUT2D eigenvalue weighted by Crippen LogP contribution is -2.50. The van der Waals surface area contributed by atoms with Crippen LogP contribution < -0.4 is 16.0 Å². The zero-order chi connectivity index (χ0) is 27.2. The summed E-state index contributed by atoms with van der Waals surface area (Å²) in [5, 5.41) is 8.16. The quantitative estimate of drug-likeness (QED) is 0.319. The monoisotopic (exact) mass is 530 g/mol. The van der Waals surface area contributed by atoms with E-state index in [1.54, 1.807) is 0 Å². The topological polar surface area (TPSA) is 104 Å². The molecule has 200 valence electrons. The maximum Gasteiger partial charge on any atom is 0.420 e. The lowest BCUT2D eigenvalue weighted by molar-refractivity contribution is -0.137. The molecule has 3 heterocycles. The number of carbonyl (C=O) groups is 1. The molecule has 4 N–H and O–H groups in total. The van der Waals surface area contributed by atoms with E-state index in [0.717, 1.165) is 32.2 Å². The van der Waals surface area contributed by atoms with Gasteiger partial charge in [-0.2, -0.15) is 26.3 Å². The molecule has 37 heavy (non-hydrogen) atoms. The van der Waals surface area contributed by atoms with Crippen LogP contribution in [0.3, 0.4) is 0 Å². The zero-order valence-corrected chi connectivity index (χ0v) is 20.0. The second-order valence-corrected chi connectivity index (χ2v) is 9.33. The van der Waals surface area contributed by atoms with Gasteiger partial charge in [0, 0.05) is 41.5 Å². The number of hydrogen-bond donors (Lipinski definition) is 4. The van der Waals surface area contributed by atoms with Gasteiger partial charge in [0.1, 0.15) is 11.1 Å². The van der Waals surface area contributed by atoms with Gasteiger partial charge >= 0.3 is 18.4 Å². The summed E-state index contributed by atoms with van der Waals surface area (Å²) in [6, 6.07) is 1.97. The normalized spacial score (nSPS) is 18.0. The molecule has 3 aromatic rings. The van der Waals surface area contributed by atoms with Gasteiger partial charge < -0.3 is 20.4 Å². The fourth-order valence-electron chi connectivity index (χ4n) is 4.25. The van der Waals surface area contributed by atoms with Crippen molar-refractivity contribution in [1.29, 1.82) is 0 Å². The predicted octanol–water partition coefficient (Wildman–Crippen LogP) is 5.78. The molecule has 1 aliphatic rings. The Balaban J connectivity index is 1.81. The number of fused-ring (bicyclic) bond motifs is 1. The molecule has 1 amide bonds. The number of ether oxygens (including phenoxy) is 1. The Morgan fingerprint density at radius 1 is 1.16 bits per heavy atom. The summed E-state index contributed by atoms with van der Waals surface area (Å²) in [5.74, 6) is -0.0797. The van der Waals surface area contributed by atoms with E-state index in [-0.39, 0.29) is 28.5 Å². The van der Waals surface area contributed by atoms with E-state index in [0.29, 0.717) is 12.7 Å². The van der Waals surface area contributed by atoms with Crippen LogP contribution in [0.4, 0.5) is 42.8 Å². The predicted molar refractivity (Wildman–Crippen MR) is 124 cm³/mol. The van der Waals surface area contributed by atoms with Gasteiger partial charge in [-0.3, -0.25) is 5.32 Å². The summed E-state index contributed by atoms with van der Waals surface area (Å²) < 4.78 is 87.9. The molecule has 14 heteroatoms. The van der Waals surface area contributed by atoms with E-state index in [2.05, 4.69) is 30.3 Å². The zero-order valence-electron chi connectivity index (χ0n) is 20.0. The molecular weight excluding hydrogens is 506 g/mol. The molecule has 0 radical (unpaired) electrons. The number of aromatic amines is 1. The fraction of sp³-hybridized carbons (Fsp3) is 0.435. The Kier molecular flexibility index (Phi) is 6.73. The number of nitrogens with one attached hydrogen (secondary N) is 4. The lowest BCUT2D eigenvalue weighted by Gasteiger charge is -2.36. The third kappa shape index (κ3) is 5.58. The van der Waals surface area contributed by atoms with Crippen LogP contribution in [0.15, 0.2) is 24.5 Å². The molecule has 1 atom stereocenters. The minimum absolute atomic E-state index is 0.0772. The smallest absolute Gasteiger partial charge is 0.420 e. The number of alkyl halides is 6. The number of aromatic nitrogens is 3. The summed E-state index contributed by atoms with van der Waals surface area (Å²) >= 11 is 0. The van der Waals surface area contributed by atoms with Gasteiger partial charge in [-0.05, 0) is 32.8 Å². The average molecular weight is 530 g/mol. The second kappa shape index (κ2) is 9.39. The molecule has 1 saturated heterocycles. The number of benzene rings is 1. The van der Waals surface area contributed by atoms with Gasteiger partial charge in [-0.25, -0.2) is 14.8 Å². The second-order valence-electron chi connectivity index (χ2n) is 9.33. The largest absolute Gasteiger partial charge is 0.453 e. The van der Waals surface area contributed by atoms with Gasteiger partial charge in [-0.15, -0.1) is 0 Å². The summed E-state index contributed by atoms with van der Waals surface area (Å²) in [4.78, 5) is 21.9. The molecule has 0 saturated carbocycles. The van der Waals surface area contributed by atoms with Crippen molar-refractivity contribution >= 4 is 28.6 Å². The molecule has 1 unspecified atom stereocenters.